The first-order chi connectivity index (χ1) is 16.9. The topological polar surface area (TPSA) is 65.1 Å². The Kier molecular flexibility index (Phi) is 9.44. The lowest BCUT2D eigenvalue weighted by molar-refractivity contribution is -0.140. The van der Waals surface area contributed by atoms with Gasteiger partial charge in [-0.05, 0) is 48.2 Å². The number of likely N-dealkylation sites (N-methyl/N-ethyl adjacent to an activating group) is 1. The number of ether oxygens (including phenoxy) is 3. The van der Waals surface area contributed by atoms with E-state index >= 15 is 0 Å². The molecule has 3 rings (SSSR count). The molecule has 0 aliphatic carbocycles. The highest BCUT2D eigenvalue weighted by Crippen LogP contribution is 2.34. The van der Waals surface area contributed by atoms with Gasteiger partial charge in [0.05, 0.1) is 27.2 Å². The van der Waals surface area contributed by atoms with Crippen LogP contribution in [0.2, 0.25) is 0 Å². The largest absolute Gasteiger partial charge is 0.496 e. The molecular formula is C29H33NO5. The molecule has 0 N–H and O–H groups in total. The lowest BCUT2D eigenvalue weighted by Crippen LogP contribution is -2.33. The summed E-state index contributed by atoms with van der Waals surface area (Å²) in [6.07, 6.45) is 0.174. The monoisotopic (exact) mass is 475 g/mol. The molecule has 0 aromatic heterocycles. The highest BCUT2D eigenvalue weighted by molar-refractivity contribution is 5.80. The summed E-state index contributed by atoms with van der Waals surface area (Å²) in [6.45, 7) is 5.39. The van der Waals surface area contributed by atoms with Crippen molar-refractivity contribution < 1.29 is 23.8 Å². The van der Waals surface area contributed by atoms with E-state index < -0.39 is 0 Å². The molecule has 0 aliphatic heterocycles. The van der Waals surface area contributed by atoms with Crippen LogP contribution in [0.15, 0.2) is 66.7 Å². The molecular weight excluding hydrogens is 442 g/mol. The van der Waals surface area contributed by atoms with Gasteiger partial charge in [-0.3, -0.25) is 9.59 Å². The zero-order valence-corrected chi connectivity index (χ0v) is 20.9. The second-order valence-corrected chi connectivity index (χ2v) is 8.33. The highest BCUT2D eigenvalue weighted by atomic mass is 16.5. The van der Waals surface area contributed by atoms with Gasteiger partial charge >= 0.3 is 5.97 Å². The Hall–Kier alpha value is -3.64. The molecule has 3 aromatic carbocycles. The molecule has 184 valence electrons. The van der Waals surface area contributed by atoms with E-state index in [-0.39, 0.29) is 24.9 Å². The molecule has 0 bridgehead atoms. The van der Waals surface area contributed by atoms with Crippen LogP contribution in [0.4, 0.5) is 0 Å². The predicted molar refractivity (Wildman–Crippen MR) is 136 cm³/mol. The molecule has 0 aliphatic rings. The molecule has 0 unspecified atom stereocenters. The Morgan fingerprint density at radius 3 is 2.34 bits per heavy atom. The van der Waals surface area contributed by atoms with Crippen LogP contribution in [-0.2, 0) is 38.6 Å². The van der Waals surface area contributed by atoms with Gasteiger partial charge in [0.15, 0.2) is 0 Å². The number of rotatable bonds is 11. The molecule has 0 spiro atoms. The van der Waals surface area contributed by atoms with Crippen molar-refractivity contribution in [3.63, 3.8) is 0 Å². The van der Waals surface area contributed by atoms with Crippen molar-refractivity contribution in [2.75, 3.05) is 27.4 Å². The van der Waals surface area contributed by atoms with Gasteiger partial charge in [0.2, 0.25) is 5.91 Å². The van der Waals surface area contributed by atoms with E-state index in [0.29, 0.717) is 25.4 Å². The molecule has 0 saturated heterocycles. The number of hydrogen-bond acceptors (Lipinski definition) is 5. The average molecular weight is 476 g/mol. The van der Waals surface area contributed by atoms with Crippen LogP contribution in [0.5, 0.6) is 5.75 Å². The molecule has 3 aromatic rings. The number of esters is 1. The number of benzene rings is 3. The van der Waals surface area contributed by atoms with Crippen LogP contribution in [0.1, 0.15) is 29.2 Å². The van der Waals surface area contributed by atoms with Gasteiger partial charge in [0.25, 0.3) is 0 Å². The summed E-state index contributed by atoms with van der Waals surface area (Å²) in [4.78, 5) is 26.6. The van der Waals surface area contributed by atoms with Crippen LogP contribution >= 0.6 is 0 Å². The van der Waals surface area contributed by atoms with Gasteiger partial charge in [0.1, 0.15) is 12.4 Å². The van der Waals surface area contributed by atoms with Crippen molar-refractivity contribution in [2.24, 2.45) is 0 Å². The third-order valence-electron chi connectivity index (χ3n) is 5.82. The number of methoxy groups -OCH3 is 2. The summed E-state index contributed by atoms with van der Waals surface area (Å²) < 4.78 is 16.1. The van der Waals surface area contributed by atoms with E-state index in [1.54, 1.807) is 12.0 Å². The molecule has 0 atom stereocenters. The summed E-state index contributed by atoms with van der Waals surface area (Å²) in [7, 11) is 3.00. The minimum Gasteiger partial charge on any atom is -0.496 e. The van der Waals surface area contributed by atoms with Crippen LogP contribution in [0.3, 0.4) is 0 Å². The Morgan fingerprint density at radius 1 is 0.886 bits per heavy atom. The van der Waals surface area contributed by atoms with Gasteiger partial charge in [-0.2, -0.15) is 0 Å². The Balaban J connectivity index is 1.82. The zero-order valence-electron chi connectivity index (χ0n) is 20.9. The van der Waals surface area contributed by atoms with Crippen molar-refractivity contribution in [1.29, 1.82) is 0 Å². The van der Waals surface area contributed by atoms with Crippen LogP contribution in [0, 0.1) is 6.92 Å². The molecule has 0 heterocycles. The van der Waals surface area contributed by atoms with Crippen molar-refractivity contribution in [3.05, 3.63) is 89.0 Å². The van der Waals surface area contributed by atoms with Gasteiger partial charge < -0.3 is 19.1 Å². The normalized spacial score (nSPS) is 10.6. The Morgan fingerprint density at radius 2 is 1.66 bits per heavy atom. The SMILES string of the molecule is CCN(Cc1cc(C)ccc1-c1cc(CC(=O)OC)ccc1OC)C(=O)COCc1ccccc1. The van der Waals surface area contributed by atoms with Gasteiger partial charge in [0, 0.05) is 18.7 Å². The van der Waals surface area contributed by atoms with Gasteiger partial charge in [-0.25, -0.2) is 0 Å². The summed E-state index contributed by atoms with van der Waals surface area (Å²) >= 11 is 0. The van der Waals surface area contributed by atoms with E-state index in [1.165, 1.54) is 7.11 Å². The molecule has 0 fully saturated rings. The molecule has 0 radical (unpaired) electrons. The van der Waals surface area contributed by atoms with Crippen LogP contribution < -0.4 is 4.74 Å². The molecule has 0 saturated carbocycles. The van der Waals surface area contributed by atoms with Crippen LogP contribution in [0.25, 0.3) is 11.1 Å². The Labute approximate surface area is 207 Å². The van der Waals surface area contributed by atoms with Gasteiger partial charge in [-0.1, -0.05) is 60.2 Å². The maximum atomic E-state index is 13.0. The smallest absolute Gasteiger partial charge is 0.309 e. The van der Waals surface area contributed by atoms with Gasteiger partial charge in [-0.15, -0.1) is 0 Å². The number of hydrogen-bond donors (Lipinski definition) is 0. The van der Waals surface area contributed by atoms with E-state index in [4.69, 9.17) is 14.2 Å². The fourth-order valence-corrected chi connectivity index (χ4v) is 3.93. The summed E-state index contributed by atoms with van der Waals surface area (Å²) in [5.41, 5.74) is 5.78. The maximum Gasteiger partial charge on any atom is 0.309 e. The molecule has 35 heavy (non-hydrogen) atoms. The third kappa shape index (κ3) is 7.17. The number of aryl methyl sites for hydroxylation is 1. The second kappa shape index (κ2) is 12.7. The summed E-state index contributed by atoms with van der Waals surface area (Å²) in [5.74, 6) is 0.329. The van der Waals surface area contributed by atoms with E-state index in [2.05, 4.69) is 6.07 Å². The summed E-state index contributed by atoms with van der Waals surface area (Å²) in [5, 5.41) is 0. The zero-order chi connectivity index (χ0) is 25.2. The van der Waals surface area contributed by atoms with E-state index in [0.717, 1.165) is 33.4 Å². The molecule has 1 amide bonds. The van der Waals surface area contributed by atoms with Crippen molar-refractivity contribution in [3.8, 4) is 16.9 Å². The first-order valence-electron chi connectivity index (χ1n) is 11.7. The fourth-order valence-electron chi connectivity index (χ4n) is 3.93. The standard InChI is InChI=1S/C29H33NO5/c1-5-30(28(31)20-35-19-22-9-7-6-8-10-22)18-24-15-21(2)11-13-25(24)26-16-23(17-29(32)34-4)12-14-27(26)33-3/h6-16H,5,17-20H2,1-4H3. The minimum atomic E-state index is -0.302. The Bertz CT molecular complexity index is 1140. The van der Waals surface area contributed by atoms with Crippen LogP contribution in [-0.4, -0.2) is 44.1 Å². The van der Waals surface area contributed by atoms with E-state index in [9.17, 15) is 9.59 Å². The quantitative estimate of drug-likeness (QED) is 0.367. The number of carbonyl (C=O) groups excluding carboxylic acids is 2. The number of nitrogens with zero attached hydrogens (tertiary/aromatic N) is 1. The lowest BCUT2D eigenvalue weighted by Gasteiger charge is -2.23. The fraction of sp³-hybridized carbons (Fsp3) is 0.310. The molecule has 6 heteroatoms. The minimum absolute atomic E-state index is 0.0157. The molecule has 6 nitrogen and oxygen atoms in total. The number of amides is 1. The average Bonchev–Trinajstić information content (AvgIpc) is 2.87. The first kappa shape index (κ1) is 26.0. The maximum absolute atomic E-state index is 13.0. The van der Waals surface area contributed by atoms with E-state index in [1.807, 2.05) is 74.5 Å². The third-order valence-corrected chi connectivity index (χ3v) is 5.82. The lowest BCUT2D eigenvalue weighted by atomic mass is 9.94. The van der Waals surface area contributed by atoms with Crippen molar-refractivity contribution in [2.45, 2.75) is 33.4 Å². The summed E-state index contributed by atoms with van der Waals surface area (Å²) in [6, 6.07) is 21.6. The predicted octanol–water partition coefficient (Wildman–Crippen LogP) is 4.95. The second-order valence-electron chi connectivity index (χ2n) is 8.33. The van der Waals surface area contributed by atoms with Crippen molar-refractivity contribution in [1.82, 2.24) is 4.90 Å². The number of carbonyl (C=O) groups is 2. The first-order valence-corrected chi connectivity index (χ1v) is 11.7. The van der Waals surface area contributed by atoms with Crippen molar-refractivity contribution >= 4 is 11.9 Å². The highest BCUT2D eigenvalue weighted by Gasteiger charge is 2.18.